The average molecular weight is 358 g/mol. The Kier molecular flexibility index (Phi) is 5.80. The van der Waals surface area contributed by atoms with Crippen LogP contribution in [0.2, 0.25) is 0 Å². The van der Waals surface area contributed by atoms with Crippen LogP contribution >= 0.6 is 23.1 Å². The number of aromatic nitrogens is 1. The summed E-state index contributed by atoms with van der Waals surface area (Å²) in [6, 6.07) is 7.75. The summed E-state index contributed by atoms with van der Waals surface area (Å²) >= 11 is 2.49. The highest BCUT2D eigenvalue weighted by Crippen LogP contribution is 2.38. The van der Waals surface area contributed by atoms with Crippen LogP contribution in [0.15, 0.2) is 22.5 Å². The van der Waals surface area contributed by atoms with Crippen molar-refractivity contribution in [2.45, 2.75) is 24.1 Å². The van der Waals surface area contributed by atoms with Gasteiger partial charge in [-0.3, -0.25) is 4.79 Å². The average Bonchev–Trinajstić information content (AvgIpc) is 3.08. The molecule has 0 spiro atoms. The minimum absolute atomic E-state index is 0.0402. The zero-order valence-corrected chi connectivity index (χ0v) is 14.7. The quantitative estimate of drug-likeness (QED) is 0.645. The number of rotatable bonds is 5. The number of carbonyl (C=O) groups is 1. The molecule has 0 amide bonds. The van der Waals surface area contributed by atoms with Crippen LogP contribution in [0, 0.1) is 22.7 Å². The zero-order valence-electron chi connectivity index (χ0n) is 13.1. The molecule has 2 aromatic heterocycles. The fourth-order valence-electron chi connectivity index (χ4n) is 2.03. The second-order valence-electron chi connectivity index (χ2n) is 4.64. The van der Waals surface area contributed by atoms with Crippen LogP contribution in [-0.4, -0.2) is 22.8 Å². The first-order valence-electron chi connectivity index (χ1n) is 7.04. The van der Waals surface area contributed by atoms with Gasteiger partial charge in [0.1, 0.15) is 33.8 Å². The van der Waals surface area contributed by atoms with Crippen molar-refractivity contribution < 1.29 is 9.53 Å². The van der Waals surface area contributed by atoms with E-state index in [1.807, 2.05) is 23.6 Å². The Morgan fingerprint density at radius 3 is 2.71 bits per heavy atom. The number of thioether (sulfide) groups is 1. The van der Waals surface area contributed by atoms with Crippen LogP contribution in [0.4, 0.5) is 5.82 Å². The van der Waals surface area contributed by atoms with E-state index in [0.29, 0.717) is 10.6 Å². The van der Waals surface area contributed by atoms with E-state index >= 15 is 0 Å². The third-order valence-corrected chi connectivity index (χ3v) is 5.04. The first-order chi connectivity index (χ1) is 11.5. The lowest BCUT2D eigenvalue weighted by atomic mass is 10.0. The van der Waals surface area contributed by atoms with Crippen molar-refractivity contribution in [3.63, 3.8) is 0 Å². The summed E-state index contributed by atoms with van der Waals surface area (Å²) in [5.41, 5.74) is 6.77. The first-order valence-corrected chi connectivity index (χ1v) is 8.80. The largest absolute Gasteiger partial charge is 0.465 e. The molecule has 2 heterocycles. The molecule has 0 saturated heterocycles. The van der Waals surface area contributed by atoms with Crippen molar-refractivity contribution in [2.24, 2.45) is 0 Å². The number of esters is 1. The molecule has 122 valence electrons. The van der Waals surface area contributed by atoms with Gasteiger partial charge < -0.3 is 10.5 Å². The Hall–Kier alpha value is -2.55. The predicted octanol–water partition coefficient (Wildman–Crippen LogP) is 3.18. The van der Waals surface area contributed by atoms with Crippen molar-refractivity contribution in [1.82, 2.24) is 4.98 Å². The number of nitrogens with zero attached hydrogens (tertiary/aromatic N) is 3. The summed E-state index contributed by atoms with van der Waals surface area (Å²) in [5.74, 6) is -0.354. The fourth-order valence-corrected chi connectivity index (χ4v) is 3.72. The van der Waals surface area contributed by atoms with Gasteiger partial charge in [-0.15, -0.1) is 11.3 Å². The minimum Gasteiger partial charge on any atom is -0.465 e. The van der Waals surface area contributed by atoms with E-state index < -0.39 is 11.2 Å². The number of carbonyl (C=O) groups excluding carboxylic acids is 1. The van der Waals surface area contributed by atoms with Crippen molar-refractivity contribution >= 4 is 34.9 Å². The third-order valence-electron chi connectivity index (χ3n) is 3.09. The van der Waals surface area contributed by atoms with Crippen molar-refractivity contribution in [1.29, 1.82) is 10.5 Å². The van der Waals surface area contributed by atoms with E-state index in [4.69, 9.17) is 10.5 Å². The van der Waals surface area contributed by atoms with Crippen LogP contribution < -0.4 is 5.73 Å². The predicted molar refractivity (Wildman–Crippen MR) is 93.3 cm³/mol. The number of thiophene rings is 1. The zero-order chi connectivity index (χ0) is 17.7. The Bertz CT molecular complexity index is 835. The Morgan fingerprint density at radius 2 is 2.17 bits per heavy atom. The Labute approximate surface area is 147 Å². The SMILES string of the molecule is CCOC(=O)C(C)Sc1nc(N)c(C#N)c(-c2cccs2)c1C#N. The molecule has 2 rings (SSSR count). The van der Waals surface area contributed by atoms with Gasteiger partial charge in [-0.25, -0.2) is 4.98 Å². The highest BCUT2D eigenvalue weighted by molar-refractivity contribution is 8.00. The summed E-state index contributed by atoms with van der Waals surface area (Å²) in [6.45, 7) is 3.67. The van der Waals surface area contributed by atoms with E-state index in [2.05, 4.69) is 11.1 Å². The molecule has 0 aromatic carbocycles. The molecule has 0 fully saturated rings. The van der Waals surface area contributed by atoms with Crippen LogP contribution in [0.3, 0.4) is 0 Å². The lowest BCUT2D eigenvalue weighted by molar-refractivity contribution is -0.142. The number of hydrogen-bond acceptors (Lipinski definition) is 8. The summed E-state index contributed by atoms with van der Waals surface area (Å²) in [7, 11) is 0. The molecular weight excluding hydrogens is 344 g/mol. The molecule has 8 heteroatoms. The number of hydrogen-bond donors (Lipinski definition) is 1. The number of nitriles is 2. The van der Waals surface area contributed by atoms with Gasteiger partial charge in [-0.05, 0) is 25.3 Å². The summed E-state index contributed by atoms with van der Waals surface area (Å²) in [6.07, 6.45) is 0. The van der Waals surface area contributed by atoms with E-state index in [1.165, 1.54) is 11.3 Å². The number of nitrogens with two attached hydrogens (primary N) is 1. The van der Waals surface area contributed by atoms with Gasteiger partial charge in [0.25, 0.3) is 0 Å². The normalized spacial score (nSPS) is 11.3. The van der Waals surface area contributed by atoms with Crippen molar-refractivity contribution in [3.8, 4) is 22.6 Å². The molecule has 0 radical (unpaired) electrons. The molecular formula is C16H14N4O2S2. The second-order valence-corrected chi connectivity index (χ2v) is 6.92. The van der Waals surface area contributed by atoms with Gasteiger partial charge in [0.05, 0.1) is 12.2 Å². The molecule has 0 aliphatic heterocycles. The third kappa shape index (κ3) is 3.51. The van der Waals surface area contributed by atoms with Crippen LogP contribution in [-0.2, 0) is 9.53 Å². The fraction of sp³-hybridized carbons (Fsp3) is 0.250. The first kappa shape index (κ1) is 17.8. The highest BCUT2D eigenvalue weighted by Gasteiger charge is 2.24. The number of nitrogen functional groups attached to an aromatic ring is 1. The molecule has 6 nitrogen and oxygen atoms in total. The topological polar surface area (TPSA) is 113 Å². The van der Waals surface area contributed by atoms with E-state index in [1.54, 1.807) is 13.8 Å². The van der Waals surface area contributed by atoms with Gasteiger partial charge in [-0.1, -0.05) is 17.8 Å². The molecule has 2 aromatic rings. The molecule has 0 saturated carbocycles. The van der Waals surface area contributed by atoms with E-state index in [-0.39, 0.29) is 23.6 Å². The van der Waals surface area contributed by atoms with Crippen LogP contribution in [0.1, 0.15) is 25.0 Å². The molecule has 0 aliphatic carbocycles. The summed E-state index contributed by atoms with van der Waals surface area (Å²) in [5, 5.41) is 20.6. The molecule has 1 unspecified atom stereocenters. The molecule has 1 atom stereocenters. The Morgan fingerprint density at radius 1 is 1.46 bits per heavy atom. The number of anilines is 1. The van der Waals surface area contributed by atoms with E-state index in [0.717, 1.165) is 16.6 Å². The highest BCUT2D eigenvalue weighted by atomic mass is 32.2. The van der Waals surface area contributed by atoms with Gasteiger partial charge in [0.2, 0.25) is 0 Å². The maximum atomic E-state index is 11.8. The lowest BCUT2D eigenvalue weighted by Crippen LogP contribution is -2.17. The lowest BCUT2D eigenvalue weighted by Gasteiger charge is -2.14. The Balaban J connectivity index is 2.57. The monoisotopic (exact) mass is 358 g/mol. The summed E-state index contributed by atoms with van der Waals surface area (Å²) < 4.78 is 4.98. The van der Waals surface area contributed by atoms with Gasteiger partial charge >= 0.3 is 5.97 Å². The van der Waals surface area contributed by atoms with Gasteiger partial charge in [-0.2, -0.15) is 10.5 Å². The molecule has 0 bridgehead atoms. The molecule has 24 heavy (non-hydrogen) atoms. The standard InChI is InChI=1S/C16H14N4O2S2/c1-3-22-16(21)9(2)24-15-11(8-18)13(12-5-4-6-23-12)10(7-17)14(19)20-15/h4-6,9H,3H2,1-2H3,(H2,19,20). The smallest absolute Gasteiger partial charge is 0.319 e. The minimum atomic E-state index is -0.548. The van der Waals surface area contributed by atoms with Crippen molar-refractivity contribution in [3.05, 3.63) is 28.6 Å². The van der Waals surface area contributed by atoms with Crippen LogP contribution in [0.25, 0.3) is 10.4 Å². The van der Waals surface area contributed by atoms with Gasteiger partial charge in [0, 0.05) is 10.4 Å². The molecule has 0 aliphatic rings. The summed E-state index contributed by atoms with van der Waals surface area (Å²) in [4.78, 5) is 16.7. The van der Waals surface area contributed by atoms with Crippen molar-refractivity contribution in [2.75, 3.05) is 12.3 Å². The van der Waals surface area contributed by atoms with E-state index in [9.17, 15) is 15.3 Å². The maximum absolute atomic E-state index is 11.8. The molecule has 2 N–H and O–H groups in total. The maximum Gasteiger partial charge on any atom is 0.319 e. The van der Waals surface area contributed by atoms with Crippen LogP contribution in [0.5, 0.6) is 0 Å². The second kappa shape index (κ2) is 7.82. The number of pyridine rings is 1. The number of ether oxygens (including phenoxy) is 1. The van der Waals surface area contributed by atoms with Gasteiger partial charge in [0.15, 0.2) is 0 Å².